The van der Waals surface area contributed by atoms with Crippen LogP contribution in [0.25, 0.3) is 0 Å². The number of ether oxygens (including phenoxy) is 1. The number of aromatic nitrogens is 1. The minimum absolute atomic E-state index is 0.131. The summed E-state index contributed by atoms with van der Waals surface area (Å²) in [5.74, 6) is -0.631. The van der Waals surface area contributed by atoms with Gasteiger partial charge in [0.15, 0.2) is 11.9 Å². The van der Waals surface area contributed by atoms with Crippen molar-refractivity contribution in [3.63, 3.8) is 0 Å². The molecule has 9 heteroatoms. The van der Waals surface area contributed by atoms with Gasteiger partial charge in [0.05, 0.1) is 12.5 Å². The van der Waals surface area contributed by atoms with Crippen molar-refractivity contribution in [2.24, 2.45) is 0 Å². The van der Waals surface area contributed by atoms with Crippen LogP contribution in [0.4, 0.5) is 5.82 Å². The summed E-state index contributed by atoms with van der Waals surface area (Å²) in [4.78, 5) is 36.2. The topological polar surface area (TPSA) is 111 Å². The van der Waals surface area contributed by atoms with Gasteiger partial charge in [-0.2, -0.15) is 0 Å². The highest BCUT2D eigenvalue weighted by atomic mass is 35.5. The molecule has 2 atom stereocenters. The number of hydrogen-bond acceptors (Lipinski definition) is 6. The van der Waals surface area contributed by atoms with E-state index in [4.69, 9.17) is 20.9 Å². The van der Waals surface area contributed by atoms with E-state index in [1.165, 1.54) is 6.92 Å². The average molecular weight is 408 g/mol. The first-order valence-corrected chi connectivity index (χ1v) is 9.12. The summed E-state index contributed by atoms with van der Waals surface area (Å²) in [5, 5.41) is 9.46. The highest BCUT2D eigenvalue weighted by Gasteiger charge is 2.25. The number of aryl methyl sites for hydroxylation is 1. The minimum Gasteiger partial charge on any atom is -0.452 e. The van der Waals surface area contributed by atoms with Crippen LogP contribution in [0.5, 0.6) is 0 Å². The number of benzene rings is 1. The largest absolute Gasteiger partial charge is 0.452 e. The molecule has 0 saturated heterocycles. The Balaban J connectivity index is 2.01. The summed E-state index contributed by atoms with van der Waals surface area (Å²) in [6, 6.07) is 7.72. The standard InChI is InChI=1S/C19H22ClN3O5/c1-4-16(19(26)22-17-9-11(2)28-23-17)27-18(25)10-15(21-12(3)24)13-5-7-14(20)8-6-13/h5-9,15-16H,4,10H2,1-3H3,(H,21,24)(H,22,23,26). The second kappa shape index (κ2) is 9.89. The van der Waals surface area contributed by atoms with E-state index >= 15 is 0 Å². The number of carbonyl (C=O) groups is 3. The maximum atomic E-state index is 12.4. The van der Waals surface area contributed by atoms with Crippen LogP contribution in [0, 0.1) is 6.92 Å². The third kappa shape index (κ3) is 6.38. The maximum Gasteiger partial charge on any atom is 0.309 e. The summed E-state index contributed by atoms with van der Waals surface area (Å²) in [6.45, 7) is 4.77. The van der Waals surface area contributed by atoms with Gasteiger partial charge in [-0.05, 0) is 31.0 Å². The smallest absolute Gasteiger partial charge is 0.309 e. The lowest BCUT2D eigenvalue weighted by Crippen LogP contribution is -2.34. The number of nitrogens with one attached hydrogen (secondary N) is 2. The normalized spacial score (nSPS) is 12.7. The molecular formula is C19H22ClN3O5. The Hall–Kier alpha value is -2.87. The van der Waals surface area contributed by atoms with Gasteiger partial charge in [-0.25, -0.2) is 0 Å². The van der Waals surface area contributed by atoms with Crippen LogP contribution in [-0.4, -0.2) is 29.0 Å². The lowest BCUT2D eigenvalue weighted by molar-refractivity contribution is -0.155. The van der Waals surface area contributed by atoms with Crippen LogP contribution in [0.15, 0.2) is 34.9 Å². The summed E-state index contributed by atoms with van der Waals surface area (Å²) in [6.07, 6.45) is -0.846. The molecule has 0 bridgehead atoms. The number of carbonyl (C=O) groups excluding carboxylic acids is 3. The fourth-order valence-corrected chi connectivity index (χ4v) is 2.65. The van der Waals surface area contributed by atoms with Crippen molar-refractivity contribution in [3.05, 3.63) is 46.7 Å². The predicted octanol–water partition coefficient (Wildman–Crippen LogP) is 3.16. The third-order valence-electron chi connectivity index (χ3n) is 3.84. The highest BCUT2D eigenvalue weighted by Crippen LogP contribution is 2.21. The molecular weight excluding hydrogens is 386 g/mol. The molecule has 2 aromatic rings. The van der Waals surface area contributed by atoms with E-state index in [1.807, 2.05) is 0 Å². The SMILES string of the molecule is CCC(OC(=O)CC(NC(C)=O)c1ccc(Cl)cc1)C(=O)Nc1cc(C)on1. The number of hydrogen-bond donors (Lipinski definition) is 2. The van der Waals surface area contributed by atoms with Crippen molar-refractivity contribution in [1.82, 2.24) is 10.5 Å². The number of nitrogens with zero attached hydrogens (tertiary/aromatic N) is 1. The summed E-state index contributed by atoms with van der Waals surface area (Å²) < 4.78 is 10.2. The third-order valence-corrected chi connectivity index (χ3v) is 4.09. The van der Waals surface area contributed by atoms with E-state index in [2.05, 4.69) is 15.8 Å². The average Bonchev–Trinajstić information content (AvgIpc) is 3.04. The van der Waals surface area contributed by atoms with Crippen molar-refractivity contribution in [3.8, 4) is 0 Å². The molecule has 0 radical (unpaired) electrons. The molecule has 2 amide bonds. The molecule has 0 saturated carbocycles. The van der Waals surface area contributed by atoms with Crippen LogP contribution in [0.3, 0.4) is 0 Å². The Morgan fingerprint density at radius 3 is 2.46 bits per heavy atom. The van der Waals surface area contributed by atoms with Gasteiger partial charge < -0.3 is 19.9 Å². The fourth-order valence-electron chi connectivity index (χ4n) is 2.52. The molecule has 0 aliphatic heterocycles. The number of halogens is 1. The molecule has 0 spiro atoms. The summed E-state index contributed by atoms with van der Waals surface area (Å²) in [7, 11) is 0. The Kier molecular flexibility index (Phi) is 7.57. The molecule has 2 unspecified atom stereocenters. The van der Waals surface area contributed by atoms with Crippen molar-refractivity contribution in [2.45, 2.75) is 45.8 Å². The first kappa shape index (κ1) is 21.4. The Bertz CT molecular complexity index is 834. The molecule has 1 aromatic carbocycles. The molecule has 2 rings (SSSR count). The van der Waals surface area contributed by atoms with Crippen LogP contribution in [-0.2, 0) is 19.1 Å². The fraction of sp³-hybridized carbons (Fsp3) is 0.368. The molecule has 150 valence electrons. The summed E-state index contributed by atoms with van der Waals surface area (Å²) in [5.41, 5.74) is 0.701. The second-order valence-corrected chi connectivity index (χ2v) is 6.64. The quantitative estimate of drug-likeness (QED) is 0.650. The van der Waals surface area contributed by atoms with E-state index in [9.17, 15) is 14.4 Å². The van der Waals surface area contributed by atoms with Gasteiger partial charge in [0.2, 0.25) is 5.91 Å². The zero-order valence-electron chi connectivity index (χ0n) is 15.8. The number of rotatable bonds is 8. The van der Waals surface area contributed by atoms with E-state index in [-0.39, 0.29) is 24.6 Å². The van der Waals surface area contributed by atoms with Crippen molar-refractivity contribution >= 4 is 35.2 Å². The Morgan fingerprint density at radius 2 is 1.93 bits per heavy atom. The maximum absolute atomic E-state index is 12.4. The molecule has 2 N–H and O–H groups in total. The zero-order valence-corrected chi connectivity index (χ0v) is 16.6. The second-order valence-electron chi connectivity index (χ2n) is 6.21. The van der Waals surface area contributed by atoms with Crippen molar-refractivity contribution in [1.29, 1.82) is 0 Å². The van der Waals surface area contributed by atoms with Crippen LogP contribution >= 0.6 is 11.6 Å². The van der Waals surface area contributed by atoms with Gasteiger partial charge in [-0.1, -0.05) is 35.8 Å². The molecule has 0 aliphatic carbocycles. The molecule has 0 fully saturated rings. The molecule has 0 aliphatic rings. The Morgan fingerprint density at radius 1 is 1.25 bits per heavy atom. The number of anilines is 1. The Labute approximate surface area is 167 Å². The lowest BCUT2D eigenvalue weighted by Gasteiger charge is -2.20. The monoisotopic (exact) mass is 407 g/mol. The van der Waals surface area contributed by atoms with E-state index < -0.39 is 24.0 Å². The van der Waals surface area contributed by atoms with E-state index in [1.54, 1.807) is 44.2 Å². The van der Waals surface area contributed by atoms with E-state index in [0.717, 1.165) is 0 Å². The lowest BCUT2D eigenvalue weighted by atomic mass is 10.0. The predicted molar refractivity (Wildman–Crippen MR) is 103 cm³/mol. The van der Waals surface area contributed by atoms with Crippen molar-refractivity contribution < 1.29 is 23.6 Å². The van der Waals surface area contributed by atoms with Gasteiger partial charge >= 0.3 is 5.97 Å². The zero-order chi connectivity index (χ0) is 20.7. The minimum atomic E-state index is -0.993. The number of esters is 1. The number of amides is 2. The van der Waals surface area contributed by atoms with Crippen LogP contribution in [0.1, 0.15) is 44.1 Å². The van der Waals surface area contributed by atoms with Gasteiger partial charge in [-0.15, -0.1) is 0 Å². The molecule has 1 aromatic heterocycles. The van der Waals surface area contributed by atoms with Gasteiger partial charge in [0.25, 0.3) is 5.91 Å². The van der Waals surface area contributed by atoms with E-state index in [0.29, 0.717) is 16.3 Å². The first-order chi connectivity index (χ1) is 13.3. The van der Waals surface area contributed by atoms with Gasteiger partial charge in [0.1, 0.15) is 5.76 Å². The van der Waals surface area contributed by atoms with Gasteiger partial charge in [0, 0.05) is 18.0 Å². The molecule has 28 heavy (non-hydrogen) atoms. The molecule has 1 heterocycles. The highest BCUT2D eigenvalue weighted by molar-refractivity contribution is 6.30. The first-order valence-electron chi connectivity index (χ1n) is 8.74. The van der Waals surface area contributed by atoms with Crippen LogP contribution < -0.4 is 10.6 Å². The van der Waals surface area contributed by atoms with Gasteiger partial charge in [-0.3, -0.25) is 14.4 Å². The molecule has 8 nitrogen and oxygen atoms in total. The van der Waals surface area contributed by atoms with Crippen LogP contribution in [0.2, 0.25) is 5.02 Å². The van der Waals surface area contributed by atoms with Crippen molar-refractivity contribution in [2.75, 3.05) is 5.32 Å². The summed E-state index contributed by atoms with van der Waals surface area (Å²) >= 11 is 5.88.